The molecule has 0 atom stereocenters. The van der Waals surface area contributed by atoms with Gasteiger partial charge in [0.05, 0.1) is 22.7 Å². The summed E-state index contributed by atoms with van der Waals surface area (Å²) in [5.74, 6) is 0.217. The van der Waals surface area contributed by atoms with E-state index in [9.17, 15) is 18.1 Å². The van der Waals surface area contributed by atoms with Gasteiger partial charge in [-0.25, -0.2) is 0 Å². The molecule has 0 bridgehead atoms. The van der Waals surface area contributed by atoms with Crippen LogP contribution in [0.5, 0.6) is 5.75 Å². The molecule has 5 rings (SSSR count). The molecule has 0 aliphatic carbocycles. The van der Waals surface area contributed by atoms with Crippen molar-refractivity contribution in [2.45, 2.75) is 11.8 Å². The molecular formula is C29H23N5O4S. The number of nitrogens with two attached hydrogens (primary N) is 1. The number of phenolic OH excluding ortho intramolecular Hbond substituents is 1. The molecule has 0 spiro atoms. The molecule has 9 nitrogen and oxygen atoms in total. The van der Waals surface area contributed by atoms with Crippen LogP contribution >= 0.6 is 0 Å². The van der Waals surface area contributed by atoms with Crippen molar-refractivity contribution in [3.63, 3.8) is 0 Å². The Morgan fingerprint density at radius 2 is 1.18 bits per heavy atom. The SMILES string of the molecule is Cc1cc(N=Nc2ccc(-c3ccc(N=Nc4cc(S(=O)(=O)O)c5ccccc5c4N)cc3)cc2)ccc1O. The Labute approximate surface area is 224 Å². The second-order valence-corrected chi connectivity index (χ2v) is 10.2. The topological polar surface area (TPSA) is 150 Å². The summed E-state index contributed by atoms with van der Waals surface area (Å²) in [5, 5.41) is 27.2. The van der Waals surface area contributed by atoms with E-state index in [0.29, 0.717) is 27.8 Å². The molecule has 194 valence electrons. The number of fused-ring (bicyclic) bond motifs is 1. The van der Waals surface area contributed by atoms with Gasteiger partial charge in [-0.3, -0.25) is 4.55 Å². The summed E-state index contributed by atoms with van der Waals surface area (Å²) in [4.78, 5) is -0.280. The number of benzene rings is 5. The van der Waals surface area contributed by atoms with Gasteiger partial charge in [-0.2, -0.15) is 23.8 Å². The molecule has 0 unspecified atom stereocenters. The fraction of sp³-hybridized carbons (Fsp3) is 0.0345. The van der Waals surface area contributed by atoms with E-state index in [1.807, 2.05) is 36.4 Å². The Morgan fingerprint density at radius 3 is 1.74 bits per heavy atom. The fourth-order valence-corrected chi connectivity index (χ4v) is 4.73. The van der Waals surface area contributed by atoms with E-state index in [0.717, 1.165) is 16.7 Å². The van der Waals surface area contributed by atoms with Gasteiger partial charge < -0.3 is 10.8 Å². The van der Waals surface area contributed by atoms with Gasteiger partial charge >= 0.3 is 0 Å². The predicted octanol–water partition coefficient (Wildman–Crippen LogP) is 8.18. The number of hydrogen-bond donors (Lipinski definition) is 3. The fourth-order valence-electron chi connectivity index (χ4n) is 4.02. The van der Waals surface area contributed by atoms with E-state index >= 15 is 0 Å². The number of nitrogen functional groups attached to an aromatic ring is 1. The van der Waals surface area contributed by atoms with E-state index in [1.165, 1.54) is 6.07 Å². The first-order valence-electron chi connectivity index (χ1n) is 11.8. The Balaban J connectivity index is 1.34. The van der Waals surface area contributed by atoms with Crippen LogP contribution in [0.25, 0.3) is 21.9 Å². The minimum absolute atomic E-state index is 0.137. The van der Waals surface area contributed by atoms with E-state index in [1.54, 1.807) is 61.5 Å². The van der Waals surface area contributed by atoms with Gasteiger partial charge in [-0.1, -0.05) is 48.5 Å². The van der Waals surface area contributed by atoms with Crippen molar-refractivity contribution >= 4 is 49.3 Å². The van der Waals surface area contributed by atoms with Crippen molar-refractivity contribution in [1.29, 1.82) is 0 Å². The van der Waals surface area contributed by atoms with Crippen LogP contribution in [0.2, 0.25) is 0 Å². The van der Waals surface area contributed by atoms with Crippen LogP contribution in [-0.2, 0) is 10.1 Å². The van der Waals surface area contributed by atoms with Crippen LogP contribution in [0.4, 0.5) is 28.4 Å². The number of aryl methyl sites for hydroxylation is 1. The quantitative estimate of drug-likeness (QED) is 0.113. The van der Waals surface area contributed by atoms with Gasteiger partial charge in [0.1, 0.15) is 16.3 Å². The van der Waals surface area contributed by atoms with Crippen LogP contribution in [0, 0.1) is 6.92 Å². The van der Waals surface area contributed by atoms with Crippen molar-refractivity contribution in [2.24, 2.45) is 20.5 Å². The summed E-state index contributed by atoms with van der Waals surface area (Å²) in [5.41, 5.74) is 11.1. The smallest absolute Gasteiger partial charge is 0.295 e. The van der Waals surface area contributed by atoms with Gasteiger partial charge in [0.25, 0.3) is 10.1 Å². The summed E-state index contributed by atoms with van der Waals surface area (Å²) < 4.78 is 33.5. The maximum Gasteiger partial charge on any atom is 0.295 e. The third-order valence-electron chi connectivity index (χ3n) is 6.11. The average molecular weight is 538 g/mol. The molecular weight excluding hydrogens is 514 g/mol. The minimum atomic E-state index is -4.49. The lowest BCUT2D eigenvalue weighted by atomic mass is 10.1. The third-order valence-corrected chi connectivity index (χ3v) is 7.00. The Morgan fingerprint density at radius 1 is 0.667 bits per heavy atom. The summed E-state index contributed by atoms with van der Waals surface area (Å²) >= 11 is 0. The second kappa shape index (κ2) is 10.4. The van der Waals surface area contributed by atoms with Crippen LogP contribution in [0.1, 0.15) is 5.56 Å². The highest BCUT2D eigenvalue weighted by Crippen LogP contribution is 2.37. The number of hydrogen-bond acceptors (Lipinski definition) is 8. The van der Waals surface area contributed by atoms with E-state index in [4.69, 9.17) is 5.73 Å². The Kier molecular flexibility index (Phi) is 6.88. The van der Waals surface area contributed by atoms with Gasteiger partial charge in [0.15, 0.2) is 0 Å². The molecule has 0 fully saturated rings. The molecule has 4 N–H and O–H groups in total. The van der Waals surface area contributed by atoms with Crippen molar-refractivity contribution in [3.05, 3.63) is 103 Å². The largest absolute Gasteiger partial charge is 0.508 e. The Hall–Kier alpha value is -4.93. The number of nitrogens with zero attached hydrogens (tertiary/aromatic N) is 4. The Bertz CT molecular complexity index is 1850. The average Bonchev–Trinajstić information content (AvgIpc) is 2.93. The van der Waals surface area contributed by atoms with Gasteiger partial charge in [-0.05, 0) is 72.1 Å². The second-order valence-electron chi connectivity index (χ2n) is 8.79. The van der Waals surface area contributed by atoms with Crippen LogP contribution in [0.15, 0.2) is 122 Å². The molecule has 5 aromatic carbocycles. The summed E-state index contributed by atoms with van der Waals surface area (Å²) in [7, 11) is -4.49. The van der Waals surface area contributed by atoms with Crippen molar-refractivity contribution < 1.29 is 18.1 Å². The lowest BCUT2D eigenvalue weighted by molar-refractivity contribution is 0.471. The van der Waals surface area contributed by atoms with E-state index in [-0.39, 0.29) is 22.0 Å². The molecule has 0 radical (unpaired) electrons. The first kappa shape index (κ1) is 25.7. The molecule has 0 aliphatic heterocycles. The zero-order valence-electron chi connectivity index (χ0n) is 20.7. The van der Waals surface area contributed by atoms with Crippen LogP contribution in [-0.4, -0.2) is 18.1 Å². The molecule has 0 heterocycles. The molecule has 0 saturated carbocycles. The van der Waals surface area contributed by atoms with Crippen LogP contribution in [0.3, 0.4) is 0 Å². The summed E-state index contributed by atoms with van der Waals surface area (Å²) in [6, 6.07) is 27.8. The van der Waals surface area contributed by atoms with E-state index < -0.39 is 10.1 Å². The molecule has 0 aliphatic rings. The first-order chi connectivity index (χ1) is 18.7. The lowest BCUT2D eigenvalue weighted by Crippen LogP contribution is -2.01. The van der Waals surface area contributed by atoms with Gasteiger partial charge in [0, 0.05) is 10.8 Å². The van der Waals surface area contributed by atoms with Crippen molar-refractivity contribution in [2.75, 3.05) is 5.73 Å². The molecule has 10 heteroatoms. The normalized spacial score (nSPS) is 12.1. The first-order valence-corrected chi connectivity index (χ1v) is 13.3. The highest BCUT2D eigenvalue weighted by molar-refractivity contribution is 7.86. The highest BCUT2D eigenvalue weighted by Gasteiger charge is 2.18. The maximum absolute atomic E-state index is 11.9. The van der Waals surface area contributed by atoms with Crippen LogP contribution < -0.4 is 5.73 Å². The minimum Gasteiger partial charge on any atom is -0.508 e. The highest BCUT2D eigenvalue weighted by atomic mass is 32.2. The molecule has 0 saturated heterocycles. The molecule has 39 heavy (non-hydrogen) atoms. The summed E-state index contributed by atoms with van der Waals surface area (Å²) in [6.07, 6.45) is 0. The van der Waals surface area contributed by atoms with Gasteiger partial charge in [-0.15, -0.1) is 5.11 Å². The van der Waals surface area contributed by atoms with Crippen molar-refractivity contribution in [1.82, 2.24) is 0 Å². The molecule has 5 aromatic rings. The maximum atomic E-state index is 11.9. The monoisotopic (exact) mass is 537 g/mol. The van der Waals surface area contributed by atoms with Crippen molar-refractivity contribution in [3.8, 4) is 16.9 Å². The van der Waals surface area contributed by atoms with Gasteiger partial charge in [0.2, 0.25) is 0 Å². The zero-order valence-corrected chi connectivity index (χ0v) is 21.5. The number of anilines is 1. The van der Waals surface area contributed by atoms with E-state index in [2.05, 4.69) is 20.5 Å². The predicted molar refractivity (Wildman–Crippen MR) is 151 cm³/mol. The third kappa shape index (κ3) is 5.66. The number of phenols is 1. The lowest BCUT2D eigenvalue weighted by Gasteiger charge is -2.09. The standard InChI is InChI=1S/C29H23N5O4S/c1-18-16-23(14-15-27(18)35)33-31-21-10-6-19(7-11-21)20-8-12-22(13-9-20)32-34-26-17-28(39(36,37)38)24-4-2-3-5-25(24)29(26)30/h2-17,35H,30H2,1H3,(H,36,37,38). The summed E-state index contributed by atoms with van der Waals surface area (Å²) in [6.45, 7) is 1.80. The number of azo groups is 2. The number of rotatable bonds is 6. The number of aromatic hydroxyl groups is 1. The molecule has 0 amide bonds. The molecule has 0 aromatic heterocycles. The zero-order chi connectivity index (χ0) is 27.6.